The summed E-state index contributed by atoms with van der Waals surface area (Å²) < 4.78 is 17.5. The van der Waals surface area contributed by atoms with Gasteiger partial charge in [-0.05, 0) is 51.3 Å². The molecule has 2 aliphatic rings. The standard InChI is InChI=1S/C30H38BrClN4O6/c1-30(2,3)42-29(39)36-17-22(18-36)40-14-8-12-35-13-11-24(33-28(38)41-19-20-9-6-5-7-10-20)27(37)34(4)25-16-21(31)15-23(32)26(25)35/h5-7,9-10,15-16,22,24H,8,11-14,17-19H2,1-4H3,(H,33,38)/t24-/m0/s1. The summed E-state index contributed by atoms with van der Waals surface area (Å²) in [6.45, 7) is 8.23. The Balaban J connectivity index is 1.35. The predicted molar refractivity (Wildman–Crippen MR) is 165 cm³/mol. The van der Waals surface area contributed by atoms with Crippen molar-refractivity contribution in [3.8, 4) is 0 Å². The summed E-state index contributed by atoms with van der Waals surface area (Å²) in [6, 6.07) is 12.2. The number of rotatable bonds is 8. The number of halogens is 2. The first-order chi connectivity index (χ1) is 19.9. The summed E-state index contributed by atoms with van der Waals surface area (Å²) >= 11 is 10.2. The zero-order valence-corrected chi connectivity index (χ0v) is 26.7. The number of likely N-dealkylation sites (tertiary alicyclic amines) is 1. The highest BCUT2D eigenvalue weighted by atomic mass is 79.9. The van der Waals surface area contributed by atoms with Crippen LogP contribution in [0.3, 0.4) is 0 Å². The Labute approximate surface area is 260 Å². The zero-order valence-electron chi connectivity index (χ0n) is 24.4. The Morgan fingerprint density at radius 2 is 1.86 bits per heavy atom. The van der Waals surface area contributed by atoms with E-state index in [9.17, 15) is 14.4 Å². The van der Waals surface area contributed by atoms with Gasteiger partial charge in [-0.1, -0.05) is 57.9 Å². The molecule has 42 heavy (non-hydrogen) atoms. The monoisotopic (exact) mass is 664 g/mol. The number of benzene rings is 2. The molecule has 2 aromatic rings. The van der Waals surface area contributed by atoms with E-state index in [0.717, 1.165) is 15.7 Å². The predicted octanol–water partition coefficient (Wildman–Crippen LogP) is 5.60. The fourth-order valence-electron chi connectivity index (χ4n) is 4.78. The van der Waals surface area contributed by atoms with Gasteiger partial charge in [0.2, 0.25) is 5.91 Å². The van der Waals surface area contributed by atoms with Crippen LogP contribution in [-0.2, 0) is 25.6 Å². The average molecular weight is 666 g/mol. The number of amides is 3. The molecule has 228 valence electrons. The molecule has 1 saturated heterocycles. The summed E-state index contributed by atoms with van der Waals surface area (Å²) in [5.41, 5.74) is 1.71. The Kier molecular flexibility index (Phi) is 10.6. The average Bonchev–Trinajstić information content (AvgIpc) is 2.89. The van der Waals surface area contributed by atoms with E-state index in [1.165, 1.54) is 4.90 Å². The molecule has 3 amide bonds. The second-order valence-corrected chi connectivity index (χ2v) is 12.7. The maximum absolute atomic E-state index is 13.4. The van der Waals surface area contributed by atoms with Crippen LogP contribution in [0.2, 0.25) is 5.02 Å². The molecule has 1 fully saturated rings. The summed E-state index contributed by atoms with van der Waals surface area (Å²) in [6.07, 6.45) is 0.0505. The minimum Gasteiger partial charge on any atom is -0.445 e. The van der Waals surface area contributed by atoms with Gasteiger partial charge in [0, 0.05) is 31.2 Å². The smallest absolute Gasteiger partial charge is 0.410 e. The van der Waals surface area contributed by atoms with E-state index >= 15 is 0 Å². The molecule has 10 nitrogen and oxygen atoms in total. The highest BCUT2D eigenvalue weighted by Crippen LogP contribution is 2.40. The molecule has 1 atom stereocenters. The molecule has 12 heteroatoms. The van der Waals surface area contributed by atoms with Crippen LogP contribution in [0, 0.1) is 0 Å². The number of hydrogen-bond donors (Lipinski definition) is 1. The van der Waals surface area contributed by atoms with E-state index in [2.05, 4.69) is 26.1 Å². The van der Waals surface area contributed by atoms with Crippen LogP contribution in [0.5, 0.6) is 0 Å². The van der Waals surface area contributed by atoms with E-state index < -0.39 is 17.7 Å². The van der Waals surface area contributed by atoms with Crippen molar-refractivity contribution in [2.45, 2.75) is 58.0 Å². The molecule has 0 aliphatic carbocycles. The first kappa shape index (κ1) is 31.9. The minimum absolute atomic E-state index is 0.0316. The van der Waals surface area contributed by atoms with Gasteiger partial charge in [-0.2, -0.15) is 0 Å². The number of likely N-dealkylation sites (N-methyl/N-ethyl adjacent to an activating group) is 1. The summed E-state index contributed by atoms with van der Waals surface area (Å²) in [5, 5.41) is 3.27. The highest BCUT2D eigenvalue weighted by molar-refractivity contribution is 9.10. The molecule has 2 heterocycles. The van der Waals surface area contributed by atoms with Crippen LogP contribution in [0.1, 0.15) is 39.2 Å². The first-order valence-electron chi connectivity index (χ1n) is 14.0. The number of carbonyl (C=O) groups excluding carboxylic acids is 3. The van der Waals surface area contributed by atoms with Crippen molar-refractivity contribution in [3.05, 3.63) is 57.5 Å². The van der Waals surface area contributed by atoms with Gasteiger partial charge in [-0.15, -0.1) is 0 Å². The van der Waals surface area contributed by atoms with Crippen molar-refractivity contribution in [1.82, 2.24) is 10.2 Å². The van der Waals surface area contributed by atoms with Gasteiger partial charge in [0.1, 0.15) is 18.2 Å². The first-order valence-corrected chi connectivity index (χ1v) is 15.2. The molecule has 0 unspecified atom stereocenters. The fraction of sp³-hybridized carbons (Fsp3) is 0.500. The van der Waals surface area contributed by atoms with Gasteiger partial charge in [0.05, 0.1) is 35.6 Å². The molecule has 0 aromatic heterocycles. The second-order valence-electron chi connectivity index (χ2n) is 11.4. The molecule has 1 N–H and O–H groups in total. The van der Waals surface area contributed by atoms with Crippen molar-refractivity contribution in [2.75, 3.05) is 49.6 Å². The van der Waals surface area contributed by atoms with Crippen LogP contribution in [-0.4, -0.2) is 80.6 Å². The van der Waals surface area contributed by atoms with Crippen LogP contribution in [0.4, 0.5) is 21.0 Å². The molecule has 2 aromatic carbocycles. The summed E-state index contributed by atoms with van der Waals surface area (Å²) in [5.74, 6) is -0.260. The highest BCUT2D eigenvalue weighted by Gasteiger charge is 2.35. The third-order valence-electron chi connectivity index (χ3n) is 6.93. The molecule has 0 radical (unpaired) electrons. The lowest BCUT2D eigenvalue weighted by atomic mass is 10.1. The van der Waals surface area contributed by atoms with Crippen molar-refractivity contribution in [2.24, 2.45) is 0 Å². The normalized spacial score (nSPS) is 17.6. The van der Waals surface area contributed by atoms with E-state index in [4.69, 9.17) is 25.8 Å². The molecule has 4 rings (SSSR count). The van der Waals surface area contributed by atoms with Crippen molar-refractivity contribution in [3.63, 3.8) is 0 Å². The number of anilines is 2. The molecule has 0 bridgehead atoms. The van der Waals surface area contributed by atoms with Crippen LogP contribution in [0.15, 0.2) is 46.9 Å². The molecular weight excluding hydrogens is 628 g/mol. The fourth-order valence-corrected chi connectivity index (χ4v) is 5.69. The summed E-state index contributed by atoms with van der Waals surface area (Å²) in [7, 11) is 1.67. The Bertz CT molecular complexity index is 1270. The molecule has 0 spiro atoms. The lowest BCUT2D eigenvalue weighted by Crippen LogP contribution is -2.56. The maximum atomic E-state index is 13.4. The van der Waals surface area contributed by atoms with Gasteiger partial charge in [-0.25, -0.2) is 9.59 Å². The van der Waals surface area contributed by atoms with Crippen molar-refractivity contribution in [1.29, 1.82) is 0 Å². The van der Waals surface area contributed by atoms with Crippen molar-refractivity contribution >= 4 is 57.0 Å². The third-order valence-corrected chi connectivity index (χ3v) is 7.68. The largest absolute Gasteiger partial charge is 0.445 e. The zero-order chi connectivity index (χ0) is 30.4. The second kappa shape index (κ2) is 14.0. The van der Waals surface area contributed by atoms with Crippen LogP contribution >= 0.6 is 27.5 Å². The molecule has 0 saturated carbocycles. The lowest BCUT2D eigenvalue weighted by molar-refractivity contribution is -0.120. The molecule has 2 aliphatic heterocycles. The topological polar surface area (TPSA) is 101 Å². The number of nitrogens with zero attached hydrogens (tertiary/aromatic N) is 3. The Hall–Kier alpha value is -3.02. The summed E-state index contributed by atoms with van der Waals surface area (Å²) in [4.78, 5) is 43.5. The van der Waals surface area contributed by atoms with Gasteiger partial charge in [0.15, 0.2) is 0 Å². The van der Waals surface area contributed by atoms with E-state index in [-0.39, 0.29) is 24.7 Å². The SMILES string of the molecule is CN1C(=O)[C@@H](NC(=O)OCc2ccccc2)CCN(CCCOC2CN(C(=O)OC(C)(C)C)C2)c2c(Cl)cc(Br)cc21. The van der Waals surface area contributed by atoms with Crippen molar-refractivity contribution < 1.29 is 28.6 Å². The Morgan fingerprint density at radius 1 is 1.14 bits per heavy atom. The van der Waals surface area contributed by atoms with Gasteiger partial charge >= 0.3 is 12.2 Å². The van der Waals surface area contributed by atoms with Gasteiger partial charge in [0.25, 0.3) is 0 Å². The van der Waals surface area contributed by atoms with Gasteiger partial charge < -0.3 is 34.2 Å². The number of ether oxygens (including phenoxy) is 3. The van der Waals surface area contributed by atoms with Gasteiger partial charge in [-0.3, -0.25) is 4.79 Å². The third kappa shape index (κ3) is 8.52. The molecular formula is C30H38BrClN4O6. The number of fused-ring (bicyclic) bond motifs is 1. The minimum atomic E-state index is -0.781. The number of nitrogens with one attached hydrogen (secondary N) is 1. The number of carbonyl (C=O) groups is 3. The number of alkyl carbamates (subject to hydrolysis) is 1. The van der Waals surface area contributed by atoms with Crippen LogP contribution < -0.4 is 15.1 Å². The van der Waals surface area contributed by atoms with E-state index in [1.54, 1.807) is 18.0 Å². The maximum Gasteiger partial charge on any atom is 0.410 e. The Morgan fingerprint density at radius 3 is 2.55 bits per heavy atom. The van der Waals surface area contributed by atoms with Crippen LogP contribution in [0.25, 0.3) is 0 Å². The van der Waals surface area contributed by atoms with E-state index in [1.807, 2.05) is 57.2 Å². The quantitative estimate of drug-likeness (QED) is 0.367. The lowest BCUT2D eigenvalue weighted by Gasteiger charge is -2.39. The number of hydrogen-bond acceptors (Lipinski definition) is 7. The van der Waals surface area contributed by atoms with E-state index in [0.29, 0.717) is 56.3 Å².